The van der Waals surface area contributed by atoms with Gasteiger partial charge in [0.1, 0.15) is 12.3 Å². The minimum Gasteiger partial charge on any atom is -0.461 e. The summed E-state index contributed by atoms with van der Waals surface area (Å²) in [5.41, 5.74) is 3.92. The number of likely N-dealkylation sites (N-methyl/N-ethyl adjacent to an activating group) is 1. The van der Waals surface area contributed by atoms with Crippen molar-refractivity contribution in [2.24, 2.45) is 0 Å². The molecule has 1 aliphatic rings. The van der Waals surface area contributed by atoms with Gasteiger partial charge in [-0.15, -0.1) is 0 Å². The second kappa shape index (κ2) is 10.7. The Balaban J connectivity index is 1.64. The van der Waals surface area contributed by atoms with Crippen LogP contribution in [0, 0.1) is 0 Å². The van der Waals surface area contributed by atoms with Gasteiger partial charge < -0.3 is 9.64 Å². The normalized spacial score (nSPS) is 14.6. The molecule has 6 nitrogen and oxygen atoms in total. The van der Waals surface area contributed by atoms with E-state index in [-0.39, 0.29) is 5.56 Å². The van der Waals surface area contributed by atoms with Crippen LogP contribution in [0.5, 0.6) is 0 Å². The Labute approximate surface area is 208 Å². The topological polar surface area (TPSA) is 63.9 Å². The minimum absolute atomic E-state index is 0.155. The number of carbonyl (C=O) groups is 1. The van der Waals surface area contributed by atoms with Crippen molar-refractivity contribution in [3.8, 4) is 0 Å². The van der Waals surface area contributed by atoms with E-state index in [0.29, 0.717) is 52.1 Å². The SMILES string of the molecule is CCN(CC)CCOC(=O)c1ccc2nc3c(c(=O)n2c1)CCCC3=Cc1ccc(Cl)c(Cl)c1. The zero-order chi connectivity index (χ0) is 24.2. The summed E-state index contributed by atoms with van der Waals surface area (Å²) in [5, 5.41) is 0.979. The van der Waals surface area contributed by atoms with E-state index in [1.165, 1.54) is 10.6 Å². The molecule has 0 spiro atoms. The summed E-state index contributed by atoms with van der Waals surface area (Å²) in [7, 11) is 0. The molecule has 0 bridgehead atoms. The van der Waals surface area contributed by atoms with Crippen LogP contribution in [0.25, 0.3) is 17.3 Å². The lowest BCUT2D eigenvalue weighted by Gasteiger charge is -2.19. The standard InChI is InChI=1S/C26H27Cl2N3O3/c1-3-30(4-2)12-13-34-26(33)19-9-11-23-29-24-18(14-17-8-10-21(27)22(28)15-17)6-5-7-20(24)25(32)31(23)16-19/h8-11,14-16H,3-7,12-13H2,1-2H3. The number of nitrogens with zero attached hydrogens (tertiary/aromatic N) is 3. The number of benzene rings is 1. The monoisotopic (exact) mass is 499 g/mol. The molecule has 8 heteroatoms. The molecule has 0 saturated heterocycles. The number of allylic oxidation sites excluding steroid dienone is 1. The molecule has 0 N–H and O–H groups in total. The first-order valence-electron chi connectivity index (χ1n) is 11.5. The first-order valence-corrected chi connectivity index (χ1v) is 12.3. The number of hydrogen-bond donors (Lipinski definition) is 0. The van der Waals surface area contributed by atoms with E-state index in [9.17, 15) is 9.59 Å². The van der Waals surface area contributed by atoms with Gasteiger partial charge in [0, 0.05) is 18.3 Å². The van der Waals surface area contributed by atoms with Gasteiger partial charge in [0.2, 0.25) is 0 Å². The Morgan fingerprint density at radius 2 is 1.94 bits per heavy atom. The fraction of sp³-hybridized carbons (Fsp3) is 0.346. The van der Waals surface area contributed by atoms with Crippen LogP contribution < -0.4 is 5.56 Å². The van der Waals surface area contributed by atoms with E-state index in [4.69, 9.17) is 32.9 Å². The van der Waals surface area contributed by atoms with Gasteiger partial charge in [-0.25, -0.2) is 9.78 Å². The summed E-state index contributed by atoms with van der Waals surface area (Å²) >= 11 is 12.2. The van der Waals surface area contributed by atoms with Crippen LogP contribution in [0.4, 0.5) is 0 Å². The summed E-state index contributed by atoms with van der Waals surface area (Å²) in [5.74, 6) is -0.445. The lowest BCUT2D eigenvalue weighted by Crippen LogP contribution is -2.28. The highest BCUT2D eigenvalue weighted by atomic mass is 35.5. The van der Waals surface area contributed by atoms with Gasteiger partial charge >= 0.3 is 5.97 Å². The van der Waals surface area contributed by atoms with Gasteiger partial charge in [-0.05, 0) is 73.8 Å². The minimum atomic E-state index is -0.445. The van der Waals surface area contributed by atoms with Gasteiger partial charge in [-0.2, -0.15) is 0 Å². The number of pyridine rings is 1. The van der Waals surface area contributed by atoms with Crippen LogP contribution in [0.2, 0.25) is 10.0 Å². The molecule has 4 rings (SSSR count). The average molecular weight is 500 g/mol. The molecule has 0 unspecified atom stereocenters. The number of aromatic nitrogens is 2. The molecular weight excluding hydrogens is 473 g/mol. The predicted molar refractivity (Wildman–Crippen MR) is 137 cm³/mol. The maximum Gasteiger partial charge on any atom is 0.339 e. The molecule has 1 aliphatic carbocycles. The van der Waals surface area contributed by atoms with Crippen LogP contribution in [-0.4, -0.2) is 46.5 Å². The second-order valence-corrected chi connectivity index (χ2v) is 9.06. The molecule has 34 heavy (non-hydrogen) atoms. The number of fused-ring (bicyclic) bond motifs is 2. The molecule has 0 radical (unpaired) electrons. The molecule has 178 valence electrons. The summed E-state index contributed by atoms with van der Waals surface area (Å²) in [4.78, 5) is 32.8. The Morgan fingerprint density at radius 1 is 1.15 bits per heavy atom. The third-order valence-corrected chi connectivity index (χ3v) is 6.89. The Hall–Kier alpha value is -2.67. The summed E-state index contributed by atoms with van der Waals surface area (Å²) in [6.45, 7) is 6.92. The quantitative estimate of drug-likeness (QED) is 0.408. The van der Waals surface area contributed by atoms with Crippen LogP contribution in [0.1, 0.15) is 53.9 Å². The van der Waals surface area contributed by atoms with Gasteiger partial charge in [-0.1, -0.05) is 43.1 Å². The van der Waals surface area contributed by atoms with E-state index in [1.807, 2.05) is 12.1 Å². The Bertz CT molecular complexity index is 1310. The maximum atomic E-state index is 13.3. The zero-order valence-electron chi connectivity index (χ0n) is 19.3. The first-order chi connectivity index (χ1) is 16.4. The lowest BCUT2D eigenvalue weighted by molar-refractivity contribution is 0.0466. The number of rotatable bonds is 7. The molecule has 0 atom stereocenters. The van der Waals surface area contributed by atoms with Gasteiger partial charge in [0.05, 0.1) is 21.3 Å². The van der Waals surface area contributed by atoms with Gasteiger partial charge in [0.25, 0.3) is 5.56 Å². The van der Waals surface area contributed by atoms with Crippen molar-refractivity contribution in [1.82, 2.24) is 14.3 Å². The van der Waals surface area contributed by atoms with Crippen LogP contribution >= 0.6 is 23.2 Å². The van der Waals surface area contributed by atoms with Crippen molar-refractivity contribution in [1.29, 1.82) is 0 Å². The molecule has 0 amide bonds. The predicted octanol–water partition coefficient (Wildman–Crippen LogP) is 5.38. The zero-order valence-corrected chi connectivity index (χ0v) is 20.8. The molecular formula is C26H27Cl2N3O3. The van der Waals surface area contributed by atoms with Crippen molar-refractivity contribution in [2.75, 3.05) is 26.2 Å². The molecule has 0 fully saturated rings. The number of carbonyl (C=O) groups excluding carboxylic acids is 1. The van der Waals surface area contributed by atoms with Crippen LogP contribution in [0.15, 0.2) is 41.3 Å². The summed E-state index contributed by atoms with van der Waals surface area (Å²) < 4.78 is 6.87. The highest BCUT2D eigenvalue weighted by molar-refractivity contribution is 6.42. The summed E-state index contributed by atoms with van der Waals surface area (Å²) in [6.07, 6.45) is 5.83. The summed E-state index contributed by atoms with van der Waals surface area (Å²) in [6, 6.07) is 8.79. The van der Waals surface area contributed by atoms with Crippen molar-refractivity contribution >= 4 is 46.5 Å². The molecule has 1 aromatic carbocycles. The van der Waals surface area contributed by atoms with Crippen LogP contribution in [-0.2, 0) is 11.2 Å². The molecule has 0 aliphatic heterocycles. The Kier molecular flexibility index (Phi) is 7.71. The van der Waals surface area contributed by atoms with Crippen molar-refractivity contribution in [3.05, 3.63) is 79.3 Å². The molecule has 0 saturated carbocycles. The fourth-order valence-corrected chi connectivity index (χ4v) is 4.50. The fourth-order valence-electron chi connectivity index (χ4n) is 4.20. The van der Waals surface area contributed by atoms with E-state index in [1.54, 1.807) is 24.3 Å². The molecule has 2 heterocycles. The largest absolute Gasteiger partial charge is 0.461 e. The number of ether oxygens (including phenoxy) is 1. The van der Waals surface area contributed by atoms with Crippen molar-refractivity contribution < 1.29 is 9.53 Å². The second-order valence-electron chi connectivity index (χ2n) is 8.25. The van der Waals surface area contributed by atoms with E-state index in [2.05, 4.69) is 18.7 Å². The molecule has 3 aromatic rings. The number of esters is 1. The van der Waals surface area contributed by atoms with Crippen molar-refractivity contribution in [2.45, 2.75) is 33.1 Å². The van der Waals surface area contributed by atoms with Gasteiger partial charge in [0.15, 0.2) is 0 Å². The first kappa shape index (κ1) is 24.5. The highest BCUT2D eigenvalue weighted by Gasteiger charge is 2.21. The van der Waals surface area contributed by atoms with E-state index in [0.717, 1.165) is 37.1 Å². The highest BCUT2D eigenvalue weighted by Crippen LogP contribution is 2.31. The van der Waals surface area contributed by atoms with Crippen LogP contribution in [0.3, 0.4) is 0 Å². The third kappa shape index (κ3) is 5.19. The van der Waals surface area contributed by atoms with E-state index < -0.39 is 5.97 Å². The number of halogens is 2. The molecule has 2 aromatic heterocycles. The lowest BCUT2D eigenvalue weighted by atomic mass is 9.91. The number of hydrogen-bond acceptors (Lipinski definition) is 5. The smallest absolute Gasteiger partial charge is 0.339 e. The van der Waals surface area contributed by atoms with Crippen molar-refractivity contribution in [3.63, 3.8) is 0 Å². The van der Waals surface area contributed by atoms with Gasteiger partial charge in [-0.3, -0.25) is 9.20 Å². The van der Waals surface area contributed by atoms with E-state index >= 15 is 0 Å². The Morgan fingerprint density at radius 3 is 2.68 bits per heavy atom. The average Bonchev–Trinajstić information content (AvgIpc) is 2.84. The maximum absolute atomic E-state index is 13.3. The third-order valence-electron chi connectivity index (χ3n) is 6.15.